The maximum Gasteiger partial charge on any atom is 0.329 e. The first-order chi connectivity index (χ1) is 13.2. The van der Waals surface area contributed by atoms with E-state index >= 15 is 0 Å². The largest absolute Gasteiger partial charge is 0.346 e. The fourth-order valence-corrected chi connectivity index (χ4v) is 2.87. The van der Waals surface area contributed by atoms with Crippen LogP contribution in [0.15, 0.2) is 28.7 Å². The van der Waals surface area contributed by atoms with Crippen molar-refractivity contribution in [2.45, 2.75) is 26.8 Å². The molecule has 0 unspecified atom stereocenters. The van der Waals surface area contributed by atoms with Crippen LogP contribution in [0.3, 0.4) is 0 Å². The van der Waals surface area contributed by atoms with Gasteiger partial charge >= 0.3 is 11.8 Å². The molecule has 0 bridgehead atoms. The zero-order valence-corrected chi connectivity index (χ0v) is 16.0. The Morgan fingerprint density at radius 2 is 1.96 bits per heavy atom. The van der Waals surface area contributed by atoms with Gasteiger partial charge in [0.05, 0.1) is 17.6 Å². The molecule has 8 nitrogen and oxygen atoms in total. The number of thiazole rings is 1. The maximum atomic E-state index is 14.0. The van der Waals surface area contributed by atoms with E-state index in [2.05, 4.69) is 15.4 Å². The Hall–Kier alpha value is -3.21. The number of halogens is 2. The van der Waals surface area contributed by atoms with Crippen molar-refractivity contribution in [2.75, 3.05) is 4.90 Å². The molecule has 2 aromatic rings. The summed E-state index contributed by atoms with van der Waals surface area (Å²) in [6, 6.07) is 2.63. The van der Waals surface area contributed by atoms with Gasteiger partial charge in [-0.1, -0.05) is 0 Å². The number of amides is 3. The predicted molar refractivity (Wildman–Crippen MR) is 100 cm³/mol. The Kier molecular flexibility index (Phi) is 6.88. The molecule has 0 radical (unpaired) electrons. The first-order valence-electron chi connectivity index (χ1n) is 8.04. The van der Waals surface area contributed by atoms with Crippen LogP contribution >= 0.6 is 11.3 Å². The molecule has 1 aromatic carbocycles. The zero-order valence-electron chi connectivity index (χ0n) is 15.2. The SMILES string of the molecule is CC(=O)N(c1nc(/C=N\NC(=O)C(=O)NC(C)C)cs1)c1ccc(F)cc1F. The molecule has 0 saturated carbocycles. The van der Waals surface area contributed by atoms with E-state index in [0.717, 1.165) is 28.4 Å². The Balaban J connectivity index is 2.14. The van der Waals surface area contributed by atoms with E-state index in [0.29, 0.717) is 6.07 Å². The van der Waals surface area contributed by atoms with Crippen molar-refractivity contribution in [3.63, 3.8) is 0 Å². The van der Waals surface area contributed by atoms with Gasteiger partial charge < -0.3 is 5.32 Å². The fourth-order valence-electron chi connectivity index (χ4n) is 2.04. The Morgan fingerprint density at radius 3 is 2.57 bits per heavy atom. The summed E-state index contributed by atoms with van der Waals surface area (Å²) in [6.07, 6.45) is 1.17. The number of hydrogen-bond donors (Lipinski definition) is 2. The summed E-state index contributed by atoms with van der Waals surface area (Å²) in [7, 11) is 0. The van der Waals surface area contributed by atoms with Gasteiger partial charge in [0.25, 0.3) is 0 Å². The summed E-state index contributed by atoms with van der Waals surface area (Å²) in [5.74, 6) is -3.99. The zero-order chi connectivity index (χ0) is 20.8. The van der Waals surface area contributed by atoms with Gasteiger partial charge in [-0.2, -0.15) is 5.10 Å². The van der Waals surface area contributed by atoms with Crippen LogP contribution in [0.4, 0.5) is 19.6 Å². The third-order valence-corrected chi connectivity index (χ3v) is 4.00. The minimum absolute atomic E-state index is 0.128. The predicted octanol–water partition coefficient (Wildman–Crippen LogP) is 2.08. The van der Waals surface area contributed by atoms with E-state index in [9.17, 15) is 23.2 Å². The van der Waals surface area contributed by atoms with Crippen LogP contribution in [0.1, 0.15) is 26.5 Å². The number of hydrazone groups is 1. The Morgan fingerprint density at radius 1 is 1.25 bits per heavy atom. The quantitative estimate of drug-likeness (QED) is 0.448. The molecule has 2 rings (SSSR count). The van der Waals surface area contributed by atoms with Crippen LogP contribution in [-0.4, -0.2) is 35.0 Å². The fraction of sp³-hybridized carbons (Fsp3) is 0.235. The summed E-state index contributed by atoms with van der Waals surface area (Å²) < 4.78 is 27.2. The maximum absolute atomic E-state index is 14.0. The van der Waals surface area contributed by atoms with Gasteiger partial charge in [0.15, 0.2) is 5.13 Å². The second-order valence-corrected chi connectivity index (χ2v) is 6.67. The van der Waals surface area contributed by atoms with Gasteiger partial charge in [-0.3, -0.25) is 19.3 Å². The summed E-state index contributed by atoms with van der Waals surface area (Å²) in [5, 5.41) is 7.66. The van der Waals surface area contributed by atoms with E-state index in [4.69, 9.17) is 0 Å². The van der Waals surface area contributed by atoms with E-state index in [1.807, 2.05) is 5.43 Å². The number of aromatic nitrogens is 1. The number of nitrogens with zero attached hydrogens (tertiary/aromatic N) is 3. The smallest absolute Gasteiger partial charge is 0.329 e. The number of carbonyl (C=O) groups is 3. The monoisotopic (exact) mass is 409 g/mol. The minimum atomic E-state index is -0.945. The number of benzene rings is 1. The van der Waals surface area contributed by atoms with Crippen LogP contribution < -0.4 is 15.6 Å². The highest BCUT2D eigenvalue weighted by Crippen LogP contribution is 2.30. The lowest BCUT2D eigenvalue weighted by molar-refractivity contribution is -0.139. The highest BCUT2D eigenvalue weighted by molar-refractivity contribution is 7.14. The van der Waals surface area contributed by atoms with Crippen molar-refractivity contribution in [3.8, 4) is 0 Å². The van der Waals surface area contributed by atoms with Gasteiger partial charge in [0.2, 0.25) is 5.91 Å². The molecule has 0 aliphatic rings. The van der Waals surface area contributed by atoms with Gasteiger partial charge in [0.1, 0.15) is 11.6 Å². The molecule has 0 spiro atoms. The molecule has 0 fully saturated rings. The summed E-state index contributed by atoms with van der Waals surface area (Å²) in [5.41, 5.74) is 2.16. The van der Waals surface area contributed by atoms with Crippen LogP contribution in [0.2, 0.25) is 0 Å². The average molecular weight is 409 g/mol. The molecular formula is C17H17F2N5O3S. The Labute approximate surface area is 163 Å². The van der Waals surface area contributed by atoms with Gasteiger partial charge in [0, 0.05) is 24.4 Å². The normalized spacial score (nSPS) is 10.9. The Bertz CT molecular complexity index is 929. The molecule has 148 valence electrons. The van der Waals surface area contributed by atoms with E-state index in [1.165, 1.54) is 18.5 Å². The third kappa shape index (κ3) is 5.39. The second-order valence-electron chi connectivity index (χ2n) is 5.83. The molecular weight excluding hydrogens is 392 g/mol. The van der Waals surface area contributed by atoms with Gasteiger partial charge in [-0.15, -0.1) is 11.3 Å². The number of carbonyl (C=O) groups excluding carboxylic acids is 3. The van der Waals surface area contributed by atoms with Gasteiger partial charge in [-0.25, -0.2) is 19.2 Å². The highest BCUT2D eigenvalue weighted by Gasteiger charge is 2.21. The van der Waals surface area contributed by atoms with Gasteiger partial charge in [-0.05, 0) is 26.0 Å². The van der Waals surface area contributed by atoms with Crippen LogP contribution in [0, 0.1) is 11.6 Å². The van der Waals surface area contributed by atoms with Crippen molar-refractivity contribution in [1.29, 1.82) is 0 Å². The lowest BCUT2D eigenvalue weighted by Gasteiger charge is -2.18. The molecule has 1 heterocycles. The highest BCUT2D eigenvalue weighted by atomic mass is 32.1. The summed E-state index contributed by atoms with van der Waals surface area (Å²) in [6.45, 7) is 4.62. The molecule has 0 aliphatic carbocycles. The number of nitrogens with one attached hydrogen (secondary N) is 2. The first-order valence-corrected chi connectivity index (χ1v) is 8.92. The van der Waals surface area contributed by atoms with Crippen molar-refractivity contribution in [1.82, 2.24) is 15.7 Å². The average Bonchev–Trinajstić information content (AvgIpc) is 3.04. The number of rotatable bonds is 5. The standard InChI is InChI=1S/C17H17F2N5O3S/c1-9(2)21-15(26)16(27)23-20-7-12-8-28-17(22-12)24(10(3)25)14-5-4-11(18)6-13(14)19/h4-9H,1-3H3,(H,21,26)(H,23,27)/b20-7-. The van der Waals surface area contributed by atoms with Crippen molar-refractivity contribution < 1.29 is 23.2 Å². The van der Waals surface area contributed by atoms with Crippen molar-refractivity contribution in [2.24, 2.45) is 5.10 Å². The van der Waals surface area contributed by atoms with Crippen molar-refractivity contribution >= 4 is 46.1 Å². The molecule has 1 aromatic heterocycles. The lowest BCUT2D eigenvalue weighted by Crippen LogP contribution is -2.41. The van der Waals surface area contributed by atoms with E-state index in [-0.39, 0.29) is 22.6 Å². The van der Waals surface area contributed by atoms with Crippen LogP contribution in [-0.2, 0) is 14.4 Å². The van der Waals surface area contributed by atoms with Crippen LogP contribution in [0.25, 0.3) is 0 Å². The second kappa shape index (κ2) is 9.13. The summed E-state index contributed by atoms with van der Waals surface area (Å²) >= 11 is 1.02. The molecule has 28 heavy (non-hydrogen) atoms. The van der Waals surface area contributed by atoms with Crippen LogP contribution in [0.5, 0.6) is 0 Å². The molecule has 2 N–H and O–H groups in total. The molecule has 0 atom stereocenters. The number of hydrogen-bond acceptors (Lipinski definition) is 6. The molecule has 0 aliphatic heterocycles. The molecule has 0 saturated heterocycles. The lowest BCUT2D eigenvalue weighted by atomic mass is 10.2. The number of anilines is 2. The third-order valence-electron chi connectivity index (χ3n) is 3.16. The van der Waals surface area contributed by atoms with E-state index in [1.54, 1.807) is 13.8 Å². The molecule has 3 amide bonds. The minimum Gasteiger partial charge on any atom is -0.346 e. The van der Waals surface area contributed by atoms with Crippen molar-refractivity contribution in [3.05, 3.63) is 40.9 Å². The summed E-state index contributed by atoms with van der Waals surface area (Å²) in [4.78, 5) is 40.1. The topological polar surface area (TPSA) is 104 Å². The molecule has 11 heteroatoms. The first kappa shape index (κ1) is 21.1. The van der Waals surface area contributed by atoms with E-state index < -0.39 is 29.4 Å².